The molecule has 1 fully saturated rings. The van der Waals surface area contributed by atoms with Crippen LogP contribution in [0.15, 0.2) is 23.1 Å². The molecule has 76 valence electrons. The maximum atomic E-state index is 10.5. The molecule has 1 aliphatic heterocycles. The molecule has 0 unspecified atom stereocenters. The number of carbonyl (C=O) groups is 1. The lowest BCUT2D eigenvalue weighted by Gasteiger charge is -2.15. The van der Waals surface area contributed by atoms with E-state index in [9.17, 15) is 4.79 Å². The zero-order valence-electron chi connectivity index (χ0n) is 8.06. The summed E-state index contributed by atoms with van der Waals surface area (Å²) < 4.78 is 2.22. The number of hydrogen-bond donors (Lipinski definition) is 0. The minimum atomic E-state index is 0.749. The van der Waals surface area contributed by atoms with Crippen LogP contribution in [0, 0.1) is 0 Å². The van der Waals surface area contributed by atoms with E-state index in [0.29, 0.717) is 0 Å². The van der Waals surface area contributed by atoms with E-state index in [1.807, 2.05) is 0 Å². The SMILES string of the molecule is O=CN1CCN(SC2=CCCC=C2)C1. The molecule has 0 atom stereocenters. The van der Waals surface area contributed by atoms with Gasteiger partial charge in [0, 0.05) is 18.0 Å². The number of amides is 1. The second-order valence-corrected chi connectivity index (χ2v) is 4.61. The molecule has 0 aromatic rings. The molecule has 0 aromatic heterocycles. The third-order valence-electron chi connectivity index (χ3n) is 2.32. The first-order valence-corrected chi connectivity index (χ1v) is 5.65. The lowest BCUT2D eigenvalue weighted by atomic mass is 10.2. The first-order valence-electron chi connectivity index (χ1n) is 4.87. The van der Waals surface area contributed by atoms with Crippen molar-refractivity contribution in [3.8, 4) is 0 Å². The van der Waals surface area contributed by atoms with Crippen LogP contribution in [-0.4, -0.2) is 35.4 Å². The van der Waals surface area contributed by atoms with Crippen molar-refractivity contribution in [3.05, 3.63) is 23.1 Å². The van der Waals surface area contributed by atoms with Crippen molar-refractivity contribution in [3.63, 3.8) is 0 Å². The normalized spacial score (nSPS) is 22.6. The Morgan fingerprint density at radius 2 is 2.29 bits per heavy atom. The topological polar surface area (TPSA) is 23.6 Å². The molecule has 0 bridgehead atoms. The molecule has 4 heteroatoms. The maximum absolute atomic E-state index is 10.5. The van der Waals surface area contributed by atoms with Gasteiger partial charge in [-0.2, -0.15) is 0 Å². The van der Waals surface area contributed by atoms with Gasteiger partial charge in [-0.05, 0) is 24.8 Å². The maximum Gasteiger partial charge on any atom is 0.210 e. The predicted octanol–water partition coefficient (Wildman–Crippen LogP) is 1.60. The lowest BCUT2D eigenvalue weighted by molar-refractivity contribution is -0.117. The van der Waals surface area contributed by atoms with E-state index >= 15 is 0 Å². The molecule has 0 aromatic carbocycles. The first kappa shape index (κ1) is 9.80. The summed E-state index contributed by atoms with van der Waals surface area (Å²) in [6, 6.07) is 0. The van der Waals surface area contributed by atoms with E-state index in [2.05, 4.69) is 22.5 Å². The highest BCUT2D eigenvalue weighted by atomic mass is 32.2. The number of nitrogens with zero attached hydrogens (tertiary/aromatic N) is 2. The van der Waals surface area contributed by atoms with Crippen molar-refractivity contribution in [2.24, 2.45) is 0 Å². The largest absolute Gasteiger partial charge is 0.330 e. The number of allylic oxidation sites excluding steroid dienone is 3. The minimum Gasteiger partial charge on any atom is -0.330 e. The Morgan fingerprint density at radius 3 is 2.93 bits per heavy atom. The molecule has 0 N–H and O–H groups in total. The third-order valence-corrected chi connectivity index (χ3v) is 3.39. The molecule has 14 heavy (non-hydrogen) atoms. The van der Waals surface area contributed by atoms with E-state index in [1.165, 1.54) is 4.91 Å². The summed E-state index contributed by atoms with van der Waals surface area (Å²) in [5, 5.41) is 0. The molecule has 0 radical (unpaired) electrons. The van der Waals surface area contributed by atoms with Gasteiger partial charge in [0.05, 0.1) is 6.67 Å². The smallest absolute Gasteiger partial charge is 0.210 e. The van der Waals surface area contributed by atoms with Crippen LogP contribution in [0.4, 0.5) is 0 Å². The zero-order valence-corrected chi connectivity index (χ0v) is 8.87. The second kappa shape index (κ2) is 4.66. The highest BCUT2D eigenvalue weighted by molar-refractivity contribution is 8.01. The Hall–Kier alpha value is -0.740. The highest BCUT2D eigenvalue weighted by Crippen LogP contribution is 2.27. The quantitative estimate of drug-likeness (QED) is 0.522. The van der Waals surface area contributed by atoms with Crippen molar-refractivity contribution < 1.29 is 4.79 Å². The van der Waals surface area contributed by atoms with Crippen LogP contribution in [0.2, 0.25) is 0 Å². The predicted molar refractivity (Wildman–Crippen MR) is 58.4 cm³/mol. The second-order valence-electron chi connectivity index (χ2n) is 3.44. The average Bonchev–Trinajstić information content (AvgIpc) is 2.67. The number of carbonyl (C=O) groups excluding carboxylic acids is 1. The van der Waals surface area contributed by atoms with E-state index in [0.717, 1.165) is 39.0 Å². The van der Waals surface area contributed by atoms with Gasteiger partial charge in [0.1, 0.15) is 0 Å². The van der Waals surface area contributed by atoms with Crippen molar-refractivity contribution in [1.82, 2.24) is 9.21 Å². The van der Waals surface area contributed by atoms with E-state index in [4.69, 9.17) is 0 Å². The van der Waals surface area contributed by atoms with Gasteiger partial charge >= 0.3 is 0 Å². The van der Waals surface area contributed by atoms with Crippen molar-refractivity contribution in [2.45, 2.75) is 12.8 Å². The molecule has 2 rings (SSSR count). The van der Waals surface area contributed by atoms with Crippen LogP contribution < -0.4 is 0 Å². The van der Waals surface area contributed by atoms with Gasteiger partial charge in [-0.1, -0.05) is 18.2 Å². The van der Waals surface area contributed by atoms with Crippen LogP contribution in [-0.2, 0) is 4.79 Å². The summed E-state index contributed by atoms with van der Waals surface area (Å²) in [5.74, 6) is 0. The number of hydrogen-bond acceptors (Lipinski definition) is 3. The molecule has 3 nitrogen and oxygen atoms in total. The zero-order chi connectivity index (χ0) is 9.80. The molecule has 1 aliphatic carbocycles. The summed E-state index contributed by atoms with van der Waals surface area (Å²) >= 11 is 1.75. The van der Waals surface area contributed by atoms with Gasteiger partial charge in [-0.25, -0.2) is 4.31 Å². The lowest BCUT2D eigenvalue weighted by Crippen LogP contribution is -2.20. The Kier molecular flexibility index (Phi) is 3.26. The van der Waals surface area contributed by atoms with Crippen LogP contribution in [0.25, 0.3) is 0 Å². The van der Waals surface area contributed by atoms with Crippen molar-refractivity contribution in [1.29, 1.82) is 0 Å². The fourth-order valence-electron chi connectivity index (χ4n) is 1.55. The first-order chi connectivity index (χ1) is 6.88. The van der Waals surface area contributed by atoms with E-state index in [-0.39, 0.29) is 0 Å². The monoisotopic (exact) mass is 210 g/mol. The van der Waals surface area contributed by atoms with Gasteiger partial charge in [-0.3, -0.25) is 4.79 Å². The molecule has 1 heterocycles. The molecular weight excluding hydrogens is 196 g/mol. The standard InChI is InChI=1S/C10H14N2OS/c13-9-11-6-7-12(8-11)14-10-4-2-1-3-5-10/h2,4-5,9H,1,3,6-8H2. The number of rotatable bonds is 3. The van der Waals surface area contributed by atoms with Crippen LogP contribution in [0.3, 0.4) is 0 Å². The Balaban J connectivity index is 1.83. The summed E-state index contributed by atoms with van der Waals surface area (Å²) in [5.41, 5.74) is 0. The molecule has 0 spiro atoms. The van der Waals surface area contributed by atoms with Crippen molar-refractivity contribution >= 4 is 18.4 Å². The van der Waals surface area contributed by atoms with E-state index in [1.54, 1.807) is 16.8 Å². The highest BCUT2D eigenvalue weighted by Gasteiger charge is 2.19. The Bertz CT molecular complexity index is 275. The van der Waals surface area contributed by atoms with Crippen LogP contribution >= 0.6 is 11.9 Å². The Morgan fingerprint density at radius 1 is 1.36 bits per heavy atom. The van der Waals surface area contributed by atoms with Crippen LogP contribution in [0.1, 0.15) is 12.8 Å². The van der Waals surface area contributed by atoms with Gasteiger partial charge < -0.3 is 4.90 Å². The summed E-state index contributed by atoms with van der Waals surface area (Å²) in [4.78, 5) is 13.6. The summed E-state index contributed by atoms with van der Waals surface area (Å²) in [6.07, 6.45) is 9.85. The molecule has 0 saturated carbocycles. The van der Waals surface area contributed by atoms with Gasteiger partial charge in [0.2, 0.25) is 6.41 Å². The van der Waals surface area contributed by atoms with Gasteiger partial charge in [0.25, 0.3) is 0 Å². The fourth-order valence-corrected chi connectivity index (χ4v) is 2.58. The molecular formula is C10H14N2OS. The minimum absolute atomic E-state index is 0.749. The average molecular weight is 210 g/mol. The molecule has 1 amide bonds. The van der Waals surface area contributed by atoms with Gasteiger partial charge in [-0.15, -0.1) is 0 Å². The Labute approximate surface area is 88.6 Å². The molecule has 1 saturated heterocycles. The van der Waals surface area contributed by atoms with Gasteiger partial charge in [0.15, 0.2) is 0 Å². The summed E-state index contributed by atoms with van der Waals surface area (Å²) in [6.45, 7) is 2.57. The van der Waals surface area contributed by atoms with Crippen molar-refractivity contribution in [2.75, 3.05) is 19.8 Å². The molecule has 2 aliphatic rings. The van der Waals surface area contributed by atoms with E-state index < -0.39 is 0 Å². The fraction of sp³-hybridized carbons (Fsp3) is 0.500. The third kappa shape index (κ3) is 2.39. The van der Waals surface area contributed by atoms with Crippen LogP contribution in [0.5, 0.6) is 0 Å². The summed E-state index contributed by atoms with van der Waals surface area (Å²) in [7, 11) is 0.